The first-order chi connectivity index (χ1) is 16.5. The van der Waals surface area contributed by atoms with E-state index in [0.717, 1.165) is 57.9 Å². The quantitative estimate of drug-likeness (QED) is 0.326. The summed E-state index contributed by atoms with van der Waals surface area (Å²) in [6, 6.07) is 10.3. The predicted octanol–water partition coefficient (Wildman–Crippen LogP) is 5.39. The minimum Gasteiger partial charge on any atom is -0.489 e. The number of thiazole rings is 1. The molecule has 9 heteroatoms. The maximum Gasteiger partial charge on any atom is 0.224 e. The summed E-state index contributed by atoms with van der Waals surface area (Å²) in [4.78, 5) is 18.0. The van der Waals surface area contributed by atoms with Crippen molar-refractivity contribution in [3.8, 4) is 16.9 Å². The van der Waals surface area contributed by atoms with Gasteiger partial charge in [0.15, 0.2) is 5.13 Å². The lowest BCUT2D eigenvalue weighted by Gasteiger charge is -2.26. The number of pyridine rings is 1. The molecule has 0 bridgehead atoms. The average Bonchev–Trinajstić information content (AvgIpc) is 3.22. The molecule has 0 atom stereocenters. The first-order valence-electron chi connectivity index (χ1n) is 11.6. The van der Waals surface area contributed by atoms with E-state index in [2.05, 4.69) is 37.7 Å². The van der Waals surface area contributed by atoms with Gasteiger partial charge in [-0.05, 0) is 69.4 Å². The van der Waals surface area contributed by atoms with Gasteiger partial charge >= 0.3 is 0 Å². The molecule has 5 rings (SSSR count). The molecule has 1 aliphatic carbocycles. The normalized spacial score (nSPS) is 18.2. The molecule has 1 saturated carbocycles. The van der Waals surface area contributed by atoms with Crippen molar-refractivity contribution in [3.05, 3.63) is 48.9 Å². The highest BCUT2D eigenvalue weighted by Crippen LogP contribution is 2.32. The van der Waals surface area contributed by atoms with Crippen LogP contribution in [0.4, 0.5) is 16.9 Å². The van der Waals surface area contributed by atoms with Gasteiger partial charge in [0.2, 0.25) is 5.95 Å². The Balaban J connectivity index is 1.31. The number of benzene rings is 1. The van der Waals surface area contributed by atoms with Crippen molar-refractivity contribution in [1.82, 2.24) is 19.9 Å². The van der Waals surface area contributed by atoms with Crippen molar-refractivity contribution < 1.29 is 9.84 Å². The Kier molecular flexibility index (Phi) is 6.55. The standard InChI is InChI=1S/C25H28N6O2S/c1-15(2)33-20-11-17(13-26-14-20)16-3-8-21-22(12-16)34-25(29-21)31-23-9-10-27-24(30-23)28-18-4-6-19(32)7-5-18/h3,8-15,18-19,32H,4-7H2,1-2H3,(H2,27,28,29,30,31). The molecule has 176 valence electrons. The zero-order chi connectivity index (χ0) is 23.5. The van der Waals surface area contributed by atoms with Gasteiger partial charge in [0.05, 0.1) is 28.6 Å². The van der Waals surface area contributed by atoms with Gasteiger partial charge in [0.1, 0.15) is 11.6 Å². The molecule has 0 amide bonds. The Bertz CT molecular complexity index is 1270. The van der Waals surface area contributed by atoms with Crippen LogP contribution in [0.2, 0.25) is 0 Å². The molecule has 4 aromatic rings. The number of fused-ring (bicyclic) bond motifs is 1. The van der Waals surface area contributed by atoms with Crippen LogP contribution in [-0.4, -0.2) is 43.3 Å². The number of nitrogens with zero attached hydrogens (tertiary/aromatic N) is 4. The molecule has 1 aromatic carbocycles. The zero-order valence-electron chi connectivity index (χ0n) is 19.2. The topological polar surface area (TPSA) is 105 Å². The fourth-order valence-electron chi connectivity index (χ4n) is 4.08. The highest BCUT2D eigenvalue weighted by Gasteiger charge is 2.20. The zero-order valence-corrected chi connectivity index (χ0v) is 20.0. The first-order valence-corrected chi connectivity index (χ1v) is 12.4. The largest absolute Gasteiger partial charge is 0.489 e. The van der Waals surface area contributed by atoms with E-state index in [4.69, 9.17) is 9.72 Å². The first kappa shape index (κ1) is 22.5. The van der Waals surface area contributed by atoms with Crippen LogP contribution < -0.4 is 15.4 Å². The third-order valence-electron chi connectivity index (χ3n) is 5.73. The third kappa shape index (κ3) is 5.43. The molecule has 0 radical (unpaired) electrons. The van der Waals surface area contributed by atoms with Crippen LogP contribution in [0.1, 0.15) is 39.5 Å². The minimum atomic E-state index is -0.180. The van der Waals surface area contributed by atoms with Crippen LogP contribution in [0.15, 0.2) is 48.9 Å². The molecule has 0 spiro atoms. The Morgan fingerprint density at radius 3 is 2.71 bits per heavy atom. The van der Waals surface area contributed by atoms with Crippen molar-refractivity contribution in [2.45, 2.75) is 57.8 Å². The average molecular weight is 477 g/mol. The van der Waals surface area contributed by atoms with Gasteiger partial charge in [0, 0.05) is 24.0 Å². The summed E-state index contributed by atoms with van der Waals surface area (Å²) in [6.07, 6.45) is 8.70. The fourth-order valence-corrected chi connectivity index (χ4v) is 4.99. The minimum absolute atomic E-state index is 0.0998. The maximum atomic E-state index is 9.70. The molecule has 0 saturated heterocycles. The molecule has 3 N–H and O–H groups in total. The summed E-state index contributed by atoms with van der Waals surface area (Å²) < 4.78 is 6.86. The van der Waals surface area contributed by atoms with Crippen molar-refractivity contribution in [2.24, 2.45) is 0 Å². The molecule has 1 fully saturated rings. The fraction of sp³-hybridized carbons (Fsp3) is 0.360. The van der Waals surface area contributed by atoms with E-state index in [9.17, 15) is 5.11 Å². The number of hydrogen-bond acceptors (Lipinski definition) is 9. The SMILES string of the molecule is CC(C)Oc1cncc(-c2ccc3nc(Nc4ccnc(NC5CCC(O)CC5)n4)sc3c2)c1. The number of aliphatic hydroxyl groups excluding tert-OH is 1. The molecular weight excluding hydrogens is 448 g/mol. The predicted molar refractivity (Wildman–Crippen MR) is 136 cm³/mol. The van der Waals surface area contributed by atoms with Gasteiger partial charge in [-0.1, -0.05) is 17.4 Å². The molecule has 3 heterocycles. The van der Waals surface area contributed by atoms with Crippen LogP contribution in [0.3, 0.4) is 0 Å². The number of rotatable bonds is 7. The third-order valence-corrected chi connectivity index (χ3v) is 6.66. The van der Waals surface area contributed by atoms with E-state index in [1.807, 2.05) is 38.2 Å². The van der Waals surface area contributed by atoms with Crippen molar-refractivity contribution >= 4 is 38.5 Å². The Labute approximate surface area is 202 Å². The van der Waals surface area contributed by atoms with E-state index >= 15 is 0 Å². The molecule has 34 heavy (non-hydrogen) atoms. The summed E-state index contributed by atoms with van der Waals surface area (Å²) in [6.45, 7) is 4.01. The van der Waals surface area contributed by atoms with E-state index in [-0.39, 0.29) is 12.2 Å². The van der Waals surface area contributed by atoms with Gasteiger partial charge in [-0.2, -0.15) is 4.98 Å². The summed E-state index contributed by atoms with van der Waals surface area (Å²) in [7, 11) is 0. The molecule has 3 aromatic heterocycles. The van der Waals surface area contributed by atoms with E-state index in [0.29, 0.717) is 17.8 Å². The second-order valence-electron chi connectivity index (χ2n) is 8.82. The van der Waals surface area contributed by atoms with E-state index in [1.165, 1.54) is 0 Å². The van der Waals surface area contributed by atoms with Crippen molar-refractivity contribution in [2.75, 3.05) is 10.6 Å². The summed E-state index contributed by atoms with van der Waals surface area (Å²) in [5.41, 5.74) is 2.99. The van der Waals surface area contributed by atoms with Crippen molar-refractivity contribution in [1.29, 1.82) is 0 Å². The number of hydrogen-bond donors (Lipinski definition) is 3. The van der Waals surface area contributed by atoms with Crippen LogP contribution in [0.25, 0.3) is 21.3 Å². The summed E-state index contributed by atoms with van der Waals surface area (Å²) in [5.74, 6) is 2.04. The highest BCUT2D eigenvalue weighted by atomic mass is 32.1. The molecule has 0 aliphatic heterocycles. The molecule has 0 unspecified atom stereocenters. The van der Waals surface area contributed by atoms with Crippen LogP contribution in [0.5, 0.6) is 5.75 Å². The lowest BCUT2D eigenvalue weighted by Crippen LogP contribution is -2.28. The Hall–Kier alpha value is -3.30. The maximum absolute atomic E-state index is 9.70. The van der Waals surface area contributed by atoms with E-state index in [1.54, 1.807) is 23.7 Å². The molecule has 1 aliphatic rings. The number of nitrogens with one attached hydrogen (secondary N) is 2. The van der Waals surface area contributed by atoms with Gasteiger partial charge in [-0.15, -0.1) is 0 Å². The lowest BCUT2D eigenvalue weighted by molar-refractivity contribution is 0.126. The summed E-state index contributed by atoms with van der Waals surface area (Å²) in [5, 5.41) is 17.2. The monoisotopic (exact) mass is 476 g/mol. The van der Waals surface area contributed by atoms with Crippen molar-refractivity contribution in [3.63, 3.8) is 0 Å². The molecule has 8 nitrogen and oxygen atoms in total. The number of ether oxygens (including phenoxy) is 1. The second kappa shape index (κ2) is 9.90. The Morgan fingerprint density at radius 2 is 1.88 bits per heavy atom. The van der Waals surface area contributed by atoms with E-state index < -0.39 is 0 Å². The van der Waals surface area contributed by atoms with Gasteiger partial charge in [-0.25, -0.2) is 9.97 Å². The van der Waals surface area contributed by atoms with Gasteiger partial charge in [0.25, 0.3) is 0 Å². The smallest absolute Gasteiger partial charge is 0.224 e. The van der Waals surface area contributed by atoms with Crippen LogP contribution in [0, 0.1) is 0 Å². The number of aliphatic hydroxyl groups is 1. The summed E-state index contributed by atoms with van der Waals surface area (Å²) >= 11 is 1.58. The highest BCUT2D eigenvalue weighted by molar-refractivity contribution is 7.22. The van der Waals surface area contributed by atoms with Gasteiger partial charge < -0.3 is 20.5 Å². The van der Waals surface area contributed by atoms with Crippen LogP contribution in [-0.2, 0) is 0 Å². The number of anilines is 3. The number of aromatic nitrogens is 4. The molecular formula is C25H28N6O2S. The Morgan fingerprint density at radius 1 is 1.03 bits per heavy atom. The van der Waals surface area contributed by atoms with Gasteiger partial charge in [-0.3, -0.25) is 4.98 Å². The van der Waals surface area contributed by atoms with Crippen LogP contribution >= 0.6 is 11.3 Å². The lowest BCUT2D eigenvalue weighted by atomic mass is 9.93. The second-order valence-corrected chi connectivity index (χ2v) is 9.85.